The molecule has 0 bridgehead atoms. The molecule has 0 saturated carbocycles. The van der Waals surface area contributed by atoms with Gasteiger partial charge in [-0.15, -0.1) is 0 Å². The molecule has 3 N–H and O–H groups in total. The summed E-state index contributed by atoms with van der Waals surface area (Å²) < 4.78 is 13.3. The Kier molecular flexibility index (Phi) is 3.28. The minimum absolute atomic E-state index is 0.0747. The van der Waals surface area contributed by atoms with Crippen molar-refractivity contribution >= 4 is 11.9 Å². The molecule has 1 aromatic rings. The van der Waals surface area contributed by atoms with Crippen LogP contribution < -0.4 is 11.1 Å². The fraction of sp³-hybridized carbons (Fsp3) is 0.385. The monoisotopic (exact) mass is 265 g/mol. The minimum atomic E-state index is -0.895. The molecule has 19 heavy (non-hydrogen) atoms. The first-order chi connectivity index (χ1) is 8.85. The molecule has 0 aromatic heterocycles. The number of carbonyl (C=O) groups is 2. The number of amides is 3. The van der Waals surface area contributed by atoms with Gasteiger partial charge in [0.15, 0.2) is 0 Å². The first-order valence-corrected chi connectivity index (χ1v) is 5.96. The van der Waals surface area contributed by atoms with E-state index in [0.29, 0.717) is 11.1 Å². The number of carbonyl (C=O) groups excluding carboxylic acids is 2. The number of urea groups is 1. The molecule has 1 saturated heterocycles. The molecule has 1 heterocycles. The second kappa shape index (κ2) is 4.62. The lowest BCUT2D eigenvalue weighted by Crippen LogP contribution is -2.40. The number of nitrogens with one attached hydrogen (secondary N) is 1. The zero-order valence-electron chi connectivity index (χ0n) is 10.9. The van der Waals surface area contributed by atoms with Crippen molar-refractivity contribution in [2.45, 2.75) is 32.5 Å². The lowest BCUT2D eigenvalue weighted by atomic mass is 10.1. The lowest BCUT2D eigenvalue weighted by Gasteiger charge is -2.16. The first kappa shape index (κ1) is 13.5. The van der Waals surface area contributed by atoms with Gasteiger partial charge in [-0.1, -0.05) is 6.07 Å². The van der Waals surface area contributed by atoms with E-state index in [4.69, 9.17) is 5.73 Å². The standard InChI is InChI=1S/C13H16FN3O2/c1-13(2)11(18)17(12(19)16-13)7-8-3-4-10(14)9(5-8)6-15/h3-5H,6-7,15H2,1-2H3,(H,16,19). The van der Waals surface area contributed by atoms with Crippen LogP contribution in [0.3, 0.4) is 0 Å². The van der Waals surface area contributed by atoms with Gasteiger partial charge in [0.05, 0.1) is 6.54 Å². The topological polar surface area (TPSA) is 75.4 Å². The summed E-state index contributed by atoms with van der Waals surface area (Å²) in [5.41, 5.74) is 5.56. The Balaban J connectivity index is 2.22. The summed E-state index contributed by atoms with van der Waals surface area (Å²) in [6.45, 7) is 3.47. The van der Waals surface area contributed by atoms with E-state index in [0.717, 1.165) is 4.90 Å². The van der Waals surface area contributed by atoms with Crippen LogP contribution in [-0.4, -0.2) is 22.4 Å². The van der Waals surface area contributed by atoms with Crippen LogP contribution in [0.15, 0.2) is 18.2 Å². The highest BCUT2D eigenvalue weighted by molar-refractivity contribution is 6.06. The van der Waals surface area contributed by atoms with Crippen molar-refractivity contribution in [2.24, 2.45) is 5.73 Å². The van der Waals surface area contributed by atoms with E-state index in [2.05, 4.69) is 5.32 Å². The molecule has 2 rings (SSSR count). The number of rotatable bonds is 3. The number of imide groups is 1. The van der Waals surface area contributed by atoms with E-state index in [1.807, 2.05) is 0 Å². The van der Waals surface area contributed by atoms with Gasteiger partial charge in [-0.05, 0) is 31.5 Å². The SMILES string of the molecule is CC1(C)NC(=O)N(Cc2ccc(F)c(CN)c2)C1=O. The highest BCUT2D eigenvalue weighted by Crippen LogP contribution is 2.20. The number of benzene rings is 1. The third-order valence-corrected chi connectivity index (χ3v) is 3.12. The van der Waals surface area contributed by atoms with Gasteiger partial charge in [0.1, 0.15) is 11.4 Å². The van der Waals surface area contributed by atoms with Crippen LogP contribution in [0, 0.1) is 5.82 Å². The molecule has 102 valence electrons. The summed E-state index contributed by atoms with van der Waals surface area (Å²) in [6.07, 6.45) is 0. The molecule has 1 aliphatic heterocycles. The van der Waals surface area contributed by atoms with Crippen LogP contribution in [-0.2, 0) is 17.9 Å². The minimum Gasteiger partial charge on any atom is -0.326 e. The molecule has 1 aliphatic rings. The Morgan fingerprint density at radius 3 is 2.58 bits per heavy atom. The average Bonchev–Trinajstić information content (AvgIpc) is 2.53. The van der Waals surface area contributed by atoms with Gasteiger partial charge in [-0.2, -0.15) is 0 Å². The molecular weight excluding hydrogens is 249 g/mol. The van der Waals surface area contributed by atoms with Crippen molar-refractivity contribution in [3.8, 4) is 0 Å². The average molecular weight is 265 g/mol. The Morgan fingerprint density at radius 2 is 2.05 bits per heavy atom. The third kappa shape index (κ3) is 2.44. The molecule has 0 unspecified atom stereocenters. The van der Waals surface area contributed by atoms with Crippen LogP contribution in [0.1, 0.15) is 25.0 Å². The summed E-state index contributed by atoms with van der Waals surface area (Å²) >= 11 is 0. The number of hydrogen-bond acceptors (Lipinski definition) is 3. The highest BCUT2D eigenvalue weighted by atomic mass is 19.1. The number of nitrogens with two attached hydrogens (primary N) is 1. The molecule has 0 atom stereocenters. The maximum Gasteiger partial charge on any atom is 0.325 e. The molecule has 6 heteroatoms. The predicted molar refractivity (Wildman–Crippen MR) is 67.5 cm³/mol. The first-order valence-electron chi connectivity index (χ1n) is 5.96. The molecule has 3 amide bonds. The maximum absolute atomic E-state index is 13.3. The smallest absolute Gasteiger partial charge is 0.325 e. The van der Waals surface area contributed by atoms with Gasteiger partial charge in [0, 0.05) is 12.1 Å². The molecular formula is C13H16FN3O2. The van der Waals surface area contributed by atoms with Gasteiger partial charge in [0.25, 0.3) is 5.91 Å². The van der Waals surface area contributed by atoms with Gasteiger partial charge in [0.2, 0.25) is 0 Å². The van der Waals surface area contributed by atoms with Gasteiger partial charge in [-0.3, -0.25) is 9.69 Å². The summed E-state index contributed by atoms with van der Waals surface area (Å²) in [6, 6.07) is 3.97. The van der Waals surface area contributed by atoms with Crippen LogP contribution in [0.2, 0.25) is 0 Å². The number of halogens is 1. The molecule has 0 aliphatic carbocycles. The third-order valence-electron chi connectivity index (χ3n) is 3.12. The Bertz CT molecular complexity index is 543. The number of hydrogen-bond donors (Lipinski definition) is 2. The summed E-state index contributed by atoms with van der Waals surface area (Å²) in [5, 5.41) is 2.59. The summed E-state index contributed by atoms with van der Waals surface area (Å²) in [5.74, 6) is -0.681. The van der Waals surface area contributed by atoms with E-state index >= 15 is 0 Å². The highest BCUT2D eigenvalue weighted by Gasteiger charge is 2.44. The zero-order valence-corrected chi connectivity index (χ0v) is 10.9. The second-order valence-electron chi connectivity index (χ2n) is 5.08. The Hall–Kier alpha value is -1.95. The van der Waals surface area contributed by atoms with Crippen molar-refractivity contribution in [1.29, 1.82) is 0 Å². The molecule has 5 nitrogen and oxygen atoms in total. The van der Waals surface area contributed by atoms with E-state index in [9.17, 15) is 14.0 Å². The van der Waals surface area contributed by atoms with E-state index in [1.54, 1.807) is 26.0 Å². The lowest BCUT2D eigenvalue weighted by molar-refractivity contribution is -0.130. The van der Waals surface area contributed by atoms with Gasteiger partial charge < -0.3 is 11.1 Å². The summed E-state index contributed by atoms with van der Waals surface area (Å²) in [4.78, 5) is 24.8. The van der Waals surface area contributed by atoms with Crippen molar-refractivity contribution in [1.82, 2.24) is 10.2 Å². The predicted octanol–water partition coefficient (Wildman–Crippen LogP) is 1.11. The second-order valence-corrected chi connectivity index (χ2v) is 5.08. The summed E-state index contributed by atoms with van der Waals surface area (Å²) in [7, 11) is 0. The molecule has 1 aromatic carbocycles. The molecule has 0 spiro atoms. The Labute approximate surface area is 110 Å². The fourth-order valence-corrected chi connectivity index (χ4v) is 2.03. The quantitative estimate of drug-likeness (QED) is 0.804. The van der Waals surface area contributed by atoms with Crippen molar-refractivity contribution in [3.63, 3.8) is 0 Å². The van der Waals surface area contributed by atoms with E-state index in [1.165, 1.54) is 6.07 Å². The van der Waals surface area contributed by atoms with Crippen LogP contribution in [0.25, 0.3) is 0 Å². The van der Waals surface area contributed by atoms with Crippen molar-refractivity contribution in [3.05, 3.63) is 35.1 Å². The van der Waals surface area contributed by atoms with E-state index in [-0.39, 0.29) is 24.8 Å². The van der Waals surface area contributed by atoms with Gasteiger partial charge in [-0.25, -0.2) is 9.18 Å². The Morgan fingerprint density at radius 1 is 1.37 bits per heavy atom. The van der Waals surface area contributed by atoms with Crippen molar-refractivity contribution in [2.75, 3.05) is 0 Å². The van der Waals surface area contributed by atoms with Crippen LogP contribution in [0.5, 0.6) is 0 Å². The van der Waals surface area contributed by atoms with Crippen LogP contribution in [0.4, 0.5) is 9.18 Å². The van der Waals surface area contributed by atoms with Crippen LogP contribution >= 0.6 is 0 Å². The van der Waals surface area contributed by atoms with Crippen molar-refractivity contribution < 1.29 is 14.0 Å². The molecule has 1 fully saturated rings. The number of nitrogens with zero attached hydrogens (tertiary/aromatic N) is 1. The molecule has 0 radical (unpaired) electrons. The normalized spacial score (nSPS) is 17.8. The largest absolute Gasteiger partial charge is 0.326 e. The van der Waals surface area contributed by atoms with Gasteiger partial charge >= 0.3 is 6.03 Å². The van der Waals surface area contributed by atoms with E-state index < -0.39 is 11.6 Å². The fourth-order valence-electron chi connectivity index (χ4n) is 2.03. The zero-order chi connectivity index (χ0) is 14.2. The maximum atomic E-state index is 13.3.